The topological polar surface area (TPSA) is 148 Å². The fraction of sp³-hybridized carbons (Fsp3) is 0.278. The summed E-state index contributed by atoms with van der Waals surface area (Å²) in [5.41, 5.74) is 2.78. The lowest BCUT2D eigenvalue weighted by molar-refractivity contribution is -0.384. The van der Waals surface area contributed by atoms with Gasteiger partial charge in [0, 0.05) is 36.9 Å². The summed E-state index contributed by atoms with van der Waals surface area (Å²) in [4.78, 5) is 20.9. The highest BCUT2D eigenvalue weighted by molar-refractivity contribution is 7.89. The number of hydrazone groups is 1. The van der Waals surface area contributed by atoms with Crippen molar-refractivity contribution < 1.29 is 18.3 Å². The molecule has 0 saturated carbocycles. The molecule has 0 bridgehead atoms. The molecule has 2 aromatic rings. The van der Waals surface area contributed by atoms with E-state index in [1.807, 2.05) is 0 Å². The summed E-state index contributed by atoms with van der Waals surface area (Å²) in [6, 6.07) is 9.29. The molecule has 0 aliphatic carbocycles. The van der Waals surface area contributed by atoms with Crippen molar-refractivity contribution in [3.63, 3.8) is 0 Å². The Hall–Kier alpha value is -3.38. The number of benzene rings is 2. The molecule has 11 nitrogen and oxygen atoms in total. The summed E-state index contributed by atoms with van der Waals surface area (Å²) < 4.78 is 26.4. The van der Waals surface area contributed by atoms with E-state index in [0.29, 0.717) is 11.3 Å². The summed E-state index contributed by atoms with van der Waals surface area (Å²) in [5, 5.41) is 26.4. The largest absolute Gasteiger partial charge is 0.295 e. The van der Waals surface area contributed by atoms with Crippen molar-refractivity contribution in [3.05, 3.63) is 68.3 Å². The zero-order valence-corrected chi connectivity index (χ0v) is 17.4. The van der Waals surface area contributed by atoms with Crippen LogP contribution in [0.15, 0.2) is 52.5 Å². The minimum Gasteiger partial charge on any atom is -0.271 e. The van der Waals surface area contributed by atoms with Crippen molar-refractivity contribution in [1.82, 2.24) is 4.31 Å². The molecule has 0 spiro atoms. The van der Waals surface area contributed by atoms with Gasteiger partial charge in [-0.1, -0.05) is 26.0 Å². The molecule has 0 aliphatic heterocycles. The van der Waals surface area contributed by atoms with Crippen LogP contribution in [0.4, 0.5) is 17.1 Å². The fourth-order valence-electron chi connectivity index (χ4n) is 2.68. The number of sulfonamides is 1. The van der Waals surface area contributed by atoms with E-state index in [2.05, 4.69) is 10.5 Å². The third-order valence-corrected chi connectivity index (χ3v) is 6.37. The molecule has 0 radical (unpaired) electrons. The summed E-state index contributed by atoms with van der Waals surface area (Å²) in [7, 11) is -3.86. The highest BCUT2D eigenvalue weighted by Crippen LogP contribution is 2.29. The Bertz CT molecular complexity index is 1100. The van der Waals surface area contributed by atoms with Gasteiger partial charge in [0.25, 0.3) is 11.4 Å². The molecule has 0 aromatic heterocycles. The first-order valence-electron chi connectivity index (χ1n) is 8.95. The number of hydrogen-bond donors (Lipinski definition) is 1. The second kappa shape index (κ2) is 9.41. The Labute approximate surface area is 173 Å². The molecule has 0 aliphatic rings. The predicted octanol–water partition coefficient (Wildman–Crippen LogP) is 3.37. The SMILES string of the molecule is CCN(CC)S(=O)(=O)c1ccc(NN=C(C)c2cccc([N+](=O)[O-])c2)c([N+](=O)[O-])c1. The van der Waals surface area contributed by atoms with E-state index in [-0.39, 0.29) is 29.4 Å². The van der Waals surface area contributed by atoms with Gasteiger partial charge in [0.1, 0.15) is 5.69 Å². The Kier molecular flexibility index (Phi) is 7.19. The molecular weight excluding hydrogens is 414 g/mol. The molecule has 0 unspecified atom stereocenters. The zero-order valence-electron chi connectivity index (χ0n) is 16.6. The molecule has 2 aromatic carbocycles. The summed E-state index contributed by atoms with van der Waals surface area (Å²) >= 11 is 0. The summed E-state index contributed by atoms with van der Waals surface area (Å²) in [6.45, 7) is 5.41. The van der Waals surface area contributed by atoms with E-state index < -0.39 is 25.6 Å². The number of nitro groups is 2. The smallest absolute Gasteiger partial charge is 0.271 e. The van der Waals surface area contributed by atoms with Crippen molar-refractivity contribution >= 4 is 32.8 Å². The lowest BCUT2D eigenvalue weighted by Crippen LogP contribution is -2.30. The lowest BCUT2D eigenvalue weighted by atomic mass is 10.1. The van der Waals surface area contributed by atoms with Gasteiger partial charge < -0.3 is 0 Å². The second-order valence-corrected chi connectivity index (χ2v) is 8.08. The molecule has 0 atom stereocenters. The molecular formula is C18H21N5O6S. The zero-order chi connectivity index (χ0) is 22.5. The fourth-order valence-corrected chi connectivity index (χ4v) is 4.16. The highest BCUT2D eigenvalue weighted by atomic mass is 32.2. The number of nitro benzene ring substituents is 2. The Morgan fingerprint density at radius 2 is 1.73 bits per heavy atom. The van der Waals surface area contributed by atoms with E-state index in [1.54, 1.807) is 26.8 Å². The molecule has 160 valence electrons. The number of nitrogens with zero attached hydrogens (tertiary/aromatic N) is 4. The van der Waals surface area contributed by atoms with Crippen molar-refractivity contribution in [2.45, 2.75) is 25.7 Å². The van der Waals surface area contributed by atoms with Crippen LogP contribution in [-0.2, 0) is 10.0 Å². The van der Waals surface area contributed by atoms with Crippen LogP contribution in [0, 0.1) is 20.2 Å². The first-order chi connectivity index (χ1) is 14.1. The summed E-state index contributed by atoms with van der Waals surface area (Å²) in [5.74, 6) is 0. The average molecular weight is 435 g/mol. The molecule has 0 fully saturated rings. The van der Waals surface area contributed by atoms with E-state index in [1.165, 1.54) is 34.6 Å². The van der Waals surface area contributed by atoms with Gasteiger partial charge in [0.05, 0.1) is 20.5 Å². The monoisotopic (exact) mass is 435 g/mol. The maximum absolute atomic E-state index is 12.6. The Balaban J connectivity index is 2.39. The normalized spacial score (nSPS) is 12.1. The van der Waals surface area contributed by atoms with Gasteiger partial charge in [-0.25, -0.2) is 8.42 Å². The lowest BCUT2D eigenvalue weighted by Gasteiger charge is -2.18. The summed E-state index contributed by atoms with van der Waals surface area (Å²) in [6.07, 6.45) is 0. The van der Waals surface area contributed by atoms with Crippen molar-refractivity contribution in [2.24, 2.45) is 5.10 Å². The van der Waals surface area contributed by atoms with E-state index in [9.17, 15) is 28.6 Å². The third-order valence-electron chi connectivity index (χ3n) is 4.33. The molecule has 2 rings (SSSR count). The van der Waals surface area contributed by atoms with Crippen LogP contribution in [0.25, 0.3) is 0 Å². The van der Waals surface area contributed by atoms with Crippen LogP contribution < -0.4 is 5.43 Å². The first kappa shape index (κ1) is 22.9. The van der Waals surface area contributed by atoms with Gasteiger partial charge in [-0.15, -0.1) is 0 Å². The predicted molar refractivity (Wildman–Crippen MR) is 112 cm³/mol. The molecule has 12 heteroatoms. The van der Waals surface area contributed by atoms with Gasteiger partial charge >= 0.3 is 0 Å². The quantitative estimate of drug-likeness (QED) is 0.360. The second-order valence-electron chi connectivity index (χ2n) is 6.14. The number of nitrogens with one attached hydrogen (secondary N) is 1. The maximum atomic E-state index is 12.6. The number of anilines is 1. The van der Waals surface area contributed by atoms with Gasteiger partial charge in [0.2, 0.25) is 10.0 Å². The molecule has 0 heterocycles. The third kappa shape index (κ3) is 4.96. The van der Waals surface area contributed by atoms with Gasteiger partial charge in [-0.2, -0.15) is 9.41 Å². The van der Waals surface area contributed by atoms with Gasteiger partial charge in [0.15, 0.2) is 0 Å². The van der Waals surface area contributed by atoms with E-state index in [4.69, 9.17) is 0 Å². The van der Waals surface area contributed by atoms with Crippen LogP contribution in [0.3, 0.4) is 0 Å². The van der Waals surface area contributed by atoms with E-state index in [0.717, 1.165) is 6.07 Å². The van der Waals surface area contributed by atoms with Crippen LogP contribution in [0.1, 0.15) is 26.3 Å². The van der Waals surface area contributed by atoms with Crippen molar-refractivity contribution in [1.29, 1.82) is 0 Å². The molecule has 30 heavy (non-hydrogen) atoms. The number of non-ortho nitro benzene ring substituents is 1. The Morgan fingerprint density at radius 1 is 1.07 bits per heavy atom. The van der Waals surface area contributed by atoms with Crippen molar-refractivity contribution in [2.75, 3.05) is 18.5 Å². The average Bonchev–Trinajstić information content (AvgIpc) is 2.72. The van der Waals surface area contributed by atoms with Gasteiger partial charge in [-0.05, 0) is 19.1 Å². The maximum Gasteiger partial charge on any atom is 0.295 e. The minimum atomic E-state index is -3.86. The van der Waals surface area contributed by atoms with Crippen LogP contribution in [0.5, 0.6) is 0 Å². The molecule has 0 amide bonds. The number of rotatable bonds is 9. The van der Waals surface area contributed by atoms with Crippen molar-refractivity contribution in [3.8, 4) is 0 Å². The number of hydrogen-bond acceptors (Lipinski definition) is 8. The Morgan fingerprint density at radius 3 is 2.30 bits per heavy atom. The highest BCUT2D eigenvalue weighted by Gasteiger charge is 2.25. The first-order valence-corrected chi connectivity index (χ1v) is 10.4. The van der Waals surface area contributed by atoms with Crippen LogP contribution in [-0.4, -0.2) is 41.4 Å². The minimum absolute atomic E-state index is 0.0109. The van der Waals surface area contributed by atoms with Gasteiger partial charge in [-0.3, -0.25) is 25.7 Å². The van der Waals surface area contributed by atoms with E-state index >= 15 is 0 Å². The standard InChI is InChI=1S/C18H21N5O6S/c1-4-21(5-2)30(28,29)16-9-10-17(18(12-16)23(26)27)20-19-13(3)14-7-6-8-15(11-14)22(24)25/h6-12,20H,4-5H2,1-3H3. The molecule has 0 saturated heterocycles. The van der Waals surface area contributed by atoms with Crippen LogP contribution in [0.2, 0.25) is 0 Å². The van der Waals surface area contributed by atoms with Crippen LogP contribution >= 0.6 is 0 Å². The molecule has 1 N–H and O–H groups in total.